The Balaban J connectivity index is 1.93. The number of nitrogens with zero attached hydrogens (tertiary/aromatic N) is 1. The smallest absolute Gasteiger partial charge is 0.0737 e. The topological polar surface area (TPSA) is 34.1 Å². The lowest BCUT2D eigenvalue weighted by molar-refractivity contribution is 0.134. The van der Waals surface area contributed by atoms with E-state index < -0.39 is 0 Å². The molecule has 0 aliphatic carbocycles. The normalized spacial score (nSPS) is 10.8. The summed E-state index contributed by atoms with van der Waals surface area (Å²) < 4.78 is 5.45. The van der Waals surface area contributed by atoms with Crippen LogP contribution in [0.5, 0.6) is 0 Å². The van der Waals surface area contributed by atoms with Gasteiger partial charge in [-0.05, 0) is 37.1 Å². The van der Waals surface area contributed by atoms with Gasteiger partial charge in [-0.15, -0.1) is 0 Å². The molecule has 1 N–H and O–H groups in total. The second kappa shape index (κ2) is 7.31. The number of aromatic nitrogens is 1. The lowest BCUT2D eigenvalue weighted by Gasteiger charge is -2.09. The first-order chi connectivity index (χ1) is 9.31. The monoisotopic (exact) mass is 278 g/mol. The standard InChI is InChI=1S/C15H19ClN2O/c1-2-9-19-10-3-7-17-14-6-8-18-15-11-12(16)4-5-13(14)15/h4-6,8,11H,2-3,7,9-10H2,1H3,(H,17,18). The molecule has 1 aromatic heterocycles. The van der Waals surface area contributed by atoms with E-state index >= 15 is 0 Å². The predicted octanol–water partition coefficient (Wildman–Crippen LogP) is 4.12. The van der Waals surface area contributed by atoms with Crippen LogP contribution >= 0.6 is 11.6 Å². The van der Waals surface area contributed by atoms with Crippen molar-refractivity contribution in [2.45, 2.75) is 19.8 Å². The highest BCUT2D eigenvalue weighted by Gasteiger charge is 2.01. The Kier molecular flexibility index (Phi) is 5.43. The van der Waals surface area contributed by atoms with Gasteiger partial charge in [0.25, 0.3) is 0 Å². The number of fused-ring (bicyclic) bond motifs is 1. The highest BCUT2D eigenvalue weighted by Crippen LogP contribution is 2.24. The molecule has 0 unspecified atom stereocenters. The number of hydrogen-bond donors (Lipinski definition) is 1. The Morgan fingerprint density at radius 3 is 3.00 bits per heavy atom. The quantitative estimate of drug-likeness (QED) is 0.774. The fraction of sp³-hybridized carbons (Fsp3) is 0.400. The van der Waals surface area contributed by atoms with Crippen molar-refractivity contribution in [3.63, 3.8) is 0 Å². The number of halogens is 1. The van der Waals surface area contributed by atoms with Crippen LogP contribution in [0.4, 0.5) is 5.69 Å². The first-order valence-corrected chi connectivity index (χ1v) is 7.05. The molecule has 0 spiro atoms. The van der Waals surface area contributed by atoms with Crippen molar-refractivity contribution in [1.82, 2.24) is 4.98 Å². The molecule has 0 radical (unpaired) electrons. The van der Waals surface area contributed by atoms with Crippen LogP contribution < -0.4 is 5.32 Å². The molecule has 4 heteroatoms. The highest BCUT2D eigenvalue weighted by atomic mass is 35.5. The summed E-state index contributed by atoms with van der Waals surface area (Å²) in [5.74, 6) is 0. The van der Waals surface area contributed by atoms with E-state index in [4.69, 9.17) is 16.3 Å². The van der Waals surface area contributed by atoms with Gasteiger partial charge < -0.3 is 10.1 Å². The van der Waals surface area contributed by atoms with E-state index in [1.807, 2.05) is 24.3 Å². The summed E-state index contributed by atoms with van der Waals surface area (Å²) in [6.07, 6.45) is 3.87. The molecule has 3 nitrogen and oxygen atoms in total. The number of hydrogen-bond acceptors (Lipinski definition) is 3. The maximum Gasteiger partial charge on any atom is 0.0737 e. The fourth-order valence-corrected chi connectivity index (χ4v) is 2.09. The lowest BCUT2D eigenvalue weighted by atomic mass is 10.2. The number of nitrogens with one attached hydrogen (secondary N) is 1. The first kappa shape index (κ1) is 14.1. The van der Waals surface area contributed by atoms with E-state index in [1.165, 1.54) is 0 Å². The van der Waals surface area contributed by atoms with Gasteiger partial charge in [0.15, 0.2) is 0 Å². The Labute approximate surface area is 118 Å². The number of ether oxygens (including phenoxy) is 1. The predicted molar refractivity (Wildman–Crippen MR) is 81.0 cm³/mol. The van der Waals surface area contributed by atoms with Crippen molar-refractivity contribution in [1.29, 1.82) is 0 Å². The van der Waals surface area contributed by atoms with E-state index in [-0.39, 0.29) is 0 Å². The molecule has 0 saturated heterocycles. The van der Waals surface area contributed by atoms with E-state index in [0.717, 1.165) is 49.2 Å². The summed E-state index contributed by atoms with van der Waals surface area (Å²) in [7, 11) is 0. The molecule has 0 fully saturated rings. The first-order valence-electron chi connectivity index (χ1n) is 6.67. The zero-order valence-corrected chi connectivity index (χ0v) is 11.9. The second-order valence-electron chi connectivity index (χ2n) is 4.41. The van der Waals surface area contributed by atoms with Crippen LogP contribution in [-0.4, -0.2) is 24.7 Å². The van der Waals surface area contributed by atoms with E-state index in [2.05, 4.69) is 17.2 Å². The van der Waals surface area contributed by atoms with Crippen molar-refractivity contribution in [2.75, 3.05) is 25.1 Å². The molecule has 1 aromatic carbocycles. The fourth-order valence-electron chi connectivity index (χ4n) is 1.92. The molecule has 2 aromatic rings. The van der Waals surface area contributed by atoms with Crippen LogP contribution in [0.2, 0.25) is 5.02 Å². The number of rotatable bonds is 7. The van der Waals surface area contributed by atoms with Crippen LogP contribution in [0.25, 0.3) is 10.9 Å². The maximum atomic E-state index is 5.97. The van der Waals surface area contributed by atoms with Crippen molar-refractivity contribution in [3.05, 3.63) is 35.5 Å². The molecule has 0 aliphatic heterocycles. The molecule has 102 valence electrons. The van der Waals surface area contributed by atoms with Crippen LogP contribution in [0.15, 0.2) is 30.5 Å². The molecule has 0 aliphatic rings. The van der Waals surface area contributed by atoms with Crippen LogP contribution in [-0.2, 0) is 4.74 Å². The molecule has 0 atom stereocenters. The van der Waals surface area contributed by atoms with Gasteiger partial charge >= 0.3 is 0 Å². The average molecular weight is 279 g/mol. The molecule has 19 heavy (non-hydrogen) atoms. The van der Waals surface area contributed by atoms with Crippen LogP contribution in [0, 0.1) is 0 Å². The summed E-state index contributed by atoms with van der Waals surface area (Å²) in [4.78, 5) is 4.32. The van der Waals surface area contributed by atoms with Gasteiger partial charge in [0.2, 0.25) is 0 Å². The van der Waals surface area contributed by atoms with Crippen molar-refractivity contribution in [2.24, 2.45) is 0 Å². The average Bonchev–Trinajstić information content (AvgIpc) is 2.42. The number of anilines is 1. The van der Waals surface area contributed by atoms with Crippen LogP contribution in [0.3, 0.4) is 0 Å². The molecular weight excluding hydrogens is 260 g/mol. The Hall–Kier alpha value is -1.32. The molecule has 0 saturated carbocycles. The third kappa shape index (κ3) is 4.08. The van der Waals surface area contributed by atoms with Crippen molar-refractivity contribution in [3.8, 4) is 0 Å². The number of benzene rings is 1. The minimum atomic E-state index is 0.713. The summed E-state index contributed by atoms with van der Waals surface area (Å²) in [6, 6.07) is 7.76. The van der Waals surface area contributed by atoms with Crippen LogP contribution in [0.1, 0.15) is 19.8 Å². The van der Waals surface area contributed by atoms with E-state index in [9.17, 15) is 0 Å². The minimum absolute atomic E-state index is 0.713. The maximum absolute atomic E-state index is 5.97. The van der Waals surface area contributed by atoms with Gasteiger partial charge in [0.05, 0.1) is 5.52 Å². The molecule has 0 amide bonds. The Bertz CT molecular complexity index is 531. The van der Waals surface area contributed by atoms with Gasteiger partial charge in [-0.25, -0.2) is 0 Å². The van der Waals surface area contributed by atoms with Gasteiger partial charge in [0, 0.05) is 42.1 Å². The third-order valence-electron chi connectivity index (χ3n) is 2.83. The van der Waals surface area contributed by atoms with Gasteiger partial charge in [-0.1, -0.05) is 18.5 Å². The molecule has 0 bridgehead atoms. The summed E-state index contributed by atoms with van der Waals surface area (Å²) in [5, 5.41) is 5.23. The van der Waals surface area contributed by atoms with Gasteiger partial charge in [0.1, 0.15) is 0 Å². The lowest BCUT2D eigenvalue weighted by Crippen LogP contribution is -2.06. The van der Waals surface area contributed by atoms with Gasteiger partial charge in [-0.2, -0.15) is 0 Å². The zero-order chi connectivity index (χ0) is 13.5. The molecular formula is C15H19ClN2O. The van der Waals surface area contributed by atoms with E-state index in [1.54, 1.807) is 6.20 Å². The van der Waals surface area contributed by atoms with Crippen molar-refractivity contribution < 1.29 is 4.74 Å². The Morgan fingerprint density at radius 2 is 2.16 bits per heavy atom. The Morgan fingerprint density at radius 1 is 1.26 bits per heavy atom. The SMILES string of the molecule is CCCOCCCNc1ccnc2cc(Cl)ccc12. The summed E-state index contributed by atoms with van der Waals surface area (Å²) in [5.41, 5.74) is 2.01. The largest absolute Gasteiger partial charge is 0.384 e. The second-order valence-corrected chi connectivity index (χ2v) is 4.85. The summed E-state index contributed by atoms with van der Waals surface area (Å²) >= 11 is 5.97. The molecule has 1 heterocycles. The summed E-state index contributed by atoms with van der Waals surface area (Å²) in [6.45, 7) is 4.66. The van der Waals surface area contributed by atoms with Gasteiger partial charge in [-0.3, -0.25) is 4.98 Å². The number of pyridine rings is 1. The highest BCUT2D eigenvalue weighted by molar-refractivity contribution is 6.31. The van der Waals surface area contributed by atoms with Crippen molar-refractivity contribution >= 4 is 28.2 Å². The van der Waals surface area contributed by atoms with E-state index in [0.29, 0.717) is 5.02 Å². The minimum Gasteiger partial charge on any atom is -0.384 e. The zero-order valence-electron chi connectivity index (χ0n) is 11.2. The third-order valence-corrected chi connectivity index (χ3v) is 3.07. The molecule has 2 rings (SSSR count).